The average molecular weight is 348 g/mol. The first-order valence-electron chi connectivity index (χ1n) is 7.29. The number of nitrogens with zero attached hydrogens (tertiary/aromatic N) is 2. The van der Waals surface area contributed by atoms with Crippen LogP contribution in [0.15, 0.2) is 30.5 Å². The van der Waals surface area contributed by atoms with Gasteiger partial charge in [0.05, 0.1) is 5.69 Å². The Hall–Kier alpha value is -3.23. The zero-order chi connectivity index (χ0) is 18.8. The molecule has 1 heterocycles. The molecule has 132 valence electrons. The molecule has 0 atom stereocenters. The molecule has 2 amide bonds. The highest BCUT2D eigenvalue weighted by molar-refractivity contribution is 6.04. The topological polar surface area (TPSA) is 113 Å². The molecule has 2 rings (SSSR count). The second-order valence-corrected chi connectivity index (χ2v) is 5.84. The zero-order valence-corrected chi connectivity index (χ0v) is 13.8. The number of anilines is 2. The summed E-state index contributed by atoms with van der Waals surface area (Å²) in [6.45, 7) is 4.16. The van der Waals surface area contributed by atoms with Crippen LogP contribution in [0.3, 0.4) is 0 Å². The first kappa shape index (κ1) is 18.1. The minimum absolute atomic E-state index is 0.109. The van der Waals surface area contributed by atoms with Crippen LogP contribution in [-0.2, 0) is 15.1 Å². The van der Waals surface area contributed by atoms with Crippen LogP contribution in [0.25, 0.3) is 0 Å². The Kier molecular flexibility index (Phi) is 4.87. The first-order chi connectivity index (χ1) is 11.6. The van der Waals surface area contributed by atoms with Gasteiger partial charge in [-0.15, -0.1) is 0 Å². The predicted molar refractivity (Wildman–Crippen MR) is 87.8 cm³/mol. The van der Waals surface area contributed by atoms with Crippen LogP contribution in [0.1, 0.15) is 31.1 Å². The molecule has 0 bridgehead atoms. The van der Waals surface area contributed by atoms with Gasteiger partial charge in [0.15, 0.2) is 11.4 Å². The highest BCUT2D eigenvalue weighted by Crippen LogP contribution is 2.19. The molecule has 9 heteroatoms. The van der Waals surface area contributed by atoms with Crippen LogP contribution in [0, 0.1) is 5.82 Å². The van der Waals surface area contributed by atoms with E-state index in [4.69, 9.17) is 0 Å². The third-order valence-electron chi connectivity index (χ3n) is 3.47. The summed E-state index contributed by atoms with van der Waals surface area (Å²) >= 11 is 0. The number of rotatable bonds is 5. The summed E-state index contributed by atoms with van der Waals surface area (Å²) in [4.78, 5) is 34.5. The van der Waals surface area contributed by atoms with Gasteiger partial charge in [0.2, 0.25) is 5.91 Å². The van der Waals surface area contributed by atoms with Crippen molar-refractivity contribution in [3.05, 3.63) is 41.8 Å². The van der Waals surface area contributed by atoms with Crippen molar-refractivity contribution in [1.82, 2.24) is 9.78 Å². The molecule has 0 fully saturated rings. The van der Waals surface area contributed by atoms with E-state index < -0.39 is 29.1 Å². The standard InChI is InChI=1S/C16H17FN4O4/c1-9(22)18-12-8-10(4-5-11(12)17)14(23)19-13-6-7-21(20-13)16(2,3)15(24)25/h4-8H,1-3H3,(H,18,22)(H,24,25)(H,19,20,23). The van der Waals surface area contributed by atoms with E-state index in [0.717, 1.165) is 6.07 Å². The lowest BCUT2D eigenvalue weighted by Crippen LogP contribution is -2.36. The molecule has 1 aromatic heterocycles. The summed E-state index contributed by atoms with van der Waals surface area (Å²) in [7, 11) is 0. The molecule has 0 saturated carbocycles. The number of aromatic nitrogens is 2. The van der Waals surface area contributed by atoms with E-state index in [0.29, 0.717) is 0 Å². The summed E-state index contributed by atoms with van der Waals surface area (Å²) in [5.74, 6) is -2.65. The molecule has 0 spiro atoms. The highest BCUT2D eigenvalue weighted by atomic mass is 19.1. The predicted octanol–water partition coefficient (Wildman–Crippen LogP) is 2.05. The lowest BCUT2D eigenvalue weighted by atomic mass is 10.1. The third kappa shape index (κ3) is 4.00. The van der Waals surface area contributed by atoms with Gasteiger partial charge in [-0.05, 0) is 32.0 Å². The molecule has 0 unspecified atom stereocenters. The number of nitrogens with one attached hydrogen (secondary N) is 2. The second kappa shape index (κ2) is 6.71. The van der Waals surface area contributed by atoms with E-state index in [-0.39, 0.29) is 17.1 Å². The maximum absolute atomic E-state index is 13.6. The molecule has 0 aliphatic heterocycles. The first-order valence-corrected chi connectivity index (χ1v) is 7.29. The maximum atomic E-state index is 13.6. The Bertz CT molecular complexity index is 844. The number of carbonyl (C=O) groups excluding carboxylic acids is 2. The van der Waals surface area contributed by atoms with Crippen molar-refractivity contribution in [2.45, 2.75) is 26.3 Å². The van der Waals surface area contributed by atoms with Gasteiger partial charge < -0.3 is 15.7 Å². The normalized spacial score (nSPS) is 11.0. The van der Waals surface area contributed by atoms with Gasteiger partial charge in [-0.1, -0.05) is 0 Å². The molecule has 0 saturated heterocycles. The van der Waals surface area contributed by atoms with Crippen LogP contribution in [-0.4, -0.2) is 32.7 Å². The van der Waals surface area contributed by atoms with E-state index >= 15 is 0 Å². The zero-order valence-electron chi connectivity index (χ0n) is 13.8. The summed E-state index contributed by atoms with van der Waals surface area (Å²) in [5, 5.41) is 18.0. The van der Waals surface area contributed by atoms with Gasteiger partial charge in [-0.3, -0.25) is 14.3 Å². The van der Waals surface area contributed by atoms with Gasteiger partial charge in [0, 0.05) is 24.8 Å². The van der Waals surface area contributed by atoms with E-state index in [1.165, 1.54) is 49.8 Å². The Morgan fingerprint density at radius 1 is 1.20 bits per heavy atom. The maximum Gasteiger partial charge on any atom is 0.331 e. The minimum atomic E-state index is -1.28. The number of carboxylic acids is 1. The van der Waals surface area contributed by atoms with Crippen LogP contribution < -0.4 is 10.6 Å². The molecule has 0 aliphatic rings. The molecule has 8 nitrogen and oxygen atoms in total. The average Bonchev–Trinajstić information content (AvgIpc) is 2.98. The van der Waals surface area contributed by atoms with Crippen molar-refractivity contribution in [2.24, 2.45) is 0 Å². The number of carbonyl (C=O) groups is 3. The van der Waals surface area contributed by atoms with Gasteiger partial charge in [0.1, 0.15) is 5.82 Å². The van der Waals surface area contributed by atoms with Crippen molar-refractivity contribution in [3.8, 4) is 0 Å². The number of halogens is 1. The minimum Gasteiger partial charge on any atom is -0.479 e. The molecular weight excluding hydrogens is 331 g/mol. The number of hydrogen-bond acceptors (Lipinski definition) is 4. The van der Waals surface area contributed by atoms with Gasteiger partial charge in [-0.25, -0.2) is 9.18 Å². The second-order valence-electron chi connectivity index (χ2n) is 5.84. The summed E-state index contributed by atoms with van der Waals surface area (Å²) in [6.07, 6.45) is 1.43. The van der Waals surface area contributed by atoms with Crippen LogP contribution in [0.5, 0.6) is 0 Å². The molecule has 0 aliphatic carbocycles. The molecule has 1 aromatic carbocycles. The SMILES string of the molecule is CC(=O)Nc1cc(C(=O)Nc2ccn(C(C)(C)C(=O)O)n2)ccc1F. The summed E-state index contributed by atoms with van der Waals surface area (Å²) < 4.78 is 14.8. The molecule has 0 radical (unpaired) electrons. The van der Waals surface area contributed by atoms with Crippen molar-refractivity contribution >= 4 is 29.3 Å². The van der Waals surface area contributed by atoms with Gasteiger partial charge in [-0.2, -0.15) is 5.10 Å². The van der Waals surface area contributed by atoms with Crippen LogP contribution in [0.4, 0.5) is 15.9 Å². The molecular formula is C16H17FN4O4. The fourth-order valence-corrected chi connectivity index (χ4v) is 1.94. The Morgan fingerprint density at radius 2 is 1.88 bits per heavy atom. The van der Waals surface area contributed by atoms with Crippen molar-refractivity contribution in [3.63, 3.8) is 0 Å². The lowest BCUT2D eigenvalue weighted by molar-refractivity contribution is -0.146. The van der Waals surface area contributed by atoms with E-state index in [1.54, 1.807) is 0 Å². The highest BCUT2D eigenvalue weighted by Gasteiger charge is 2.30. The third-order valence-corrected chi connectivity index (χ3v) is 3.47. The van der Waals surface area contributed by atoms with Crippen molar-refractivity contribution in [2.75, 3.05) is 10.6 Å². The number of carboxylic acid groups (broad SMARTS) is 1. The van der Waals surface area contributed by atoms with Gasteiger partial charge in [0.25, 0.3) is 5.91 Å². The monoisotopic (exact) mass is 348 g/mol. The fourth-order valence-electron chi connectivity index (χ4n) is 1.94. The van der Waals surface area contributed by atoms with Crippen molar-refractivity contribution in [1.29, 1.82) is 0 Å². The largest absolute Gasteiger partial charge is 0.479 e. The summed E-state index contributed by atoms with van der Waals surface area (Å²) in [5.41, 5.74) is -1.29. The molecule has 3 N–H and O–H groups in total. The summed E-state index contributed by atoms with van der Waals surface area (Å²) in [6, 6.07) is 4.96. The van der Waals surface area contributed by atoms with Crippen molar-refractivity contribution < 1.29 is 23.9 Å². The Balaban J connectivity index is 2.19. The quantitative estimate of drug-likeness (QED) is 0.765. The smallest absolute Gasteiger partial charge is 0.331 e. The molecule has 25 heavy (non-hydrogen) atoms. The Morgan fingerprint density at radius 3 is 2.48 bits per heavy atom. The Labute approximate surface area is 142 Å². The number of aliphatic carboxylic acids is 1. The van der Waals surface area contributed by atoms with Crippen LogP contribution >= 0.6 is 0 Å². The van der Waals surface area contributed by atoms with Gasteiger partial charge >= 0.3 is 5.97 Å². The fraction of sp³-hybridized carbons (Fsp3) is 0.250. The lowest BCUT2D eigenvalue weighted by Gasteiger charge is -2.19. The van der Waals surface area contributed by atoms with Crippen LogP contribution in [0.2, 0.25) is 0 Å². The van der Waals surface area contributed by atoms with E-state index in [1.807, 2.05) is 0 Å². The number of hydrogen-bond donors (Lipinski definition) is 3. The number of benzene rings is 1. The molecule has 2 aromatic rings. The van der Waals surface area contributed by atoms with E-state index in [9.17, 15) is 23.9 Å². The van der Waals surface area contributed by atoms with E-state index in [2.05, 4.69) is 15.7 Å². The number of amides is 2.